The van der Waals surface area contributed by atoms with E-state index in [1.807, 2.05) is 11.1 Å². The van der Waals surface area contributed by atoms with Crippen LogP contribution in [0.1, 0.15) is 68.6 Å². The molecule has 0 N–H and O–H groups in total. The lowest BCUT2D eigenvalue weighted by Gasteiger charge is -2.29. The van der Waals surface area contributed by atoms with Crippen molar-refractivity contribution in [3.8, 4) is 0 Å². The number of fused-ring (bicyclic) bond motifs is 2. The summed E-state index contributed by atoms with van der Waals surface area (Å²) in [5.74, 6) is 2.83. The van der Waals surface area contributed by atoms with Crippen LogP contribution in [0.2, 0.25) is 0 Å². The Kier molecular flexibility index (Phi) is 4.17. The van der Waals surface area contributed by atoms with Crippen LogP contribution < -0.4 is 0 Å². The number of carbonyl (C=O) groups excluding carboxylic acids is 2. The SMILES string of the molecule is CC(=O)N1CCc2nc([C@@H]3CCCN3C(=O)C3[C@H]4CCCC[C@@H]34)ncc2C1. The molecule has 0 radical (unpaired) electrons. The number of nitrogens with zero attached hydrogens (tertiary/aromatic N) is 4. The second kappa shape index (κ2) is 6.57. The number of rotatable bonds is 2. The minimum absolute atomic E-state index is 0.0382. The molecule has 2 saturated carbocycles. The topological polar surface area (TPSA) is 66.4 Å². The molecule has 3 fully saturated rings. The Labute approximate surface area is 160 Å². The standard InChI is InChI=1S/C21H28N4O2/c1-13(26)24-10-8-17-14(12-24)11-22-20(23-17)18-7-4-9-25(18)21(27)19-15-5-2-3-6-16(15)19/h11,15-16,18-19H,2-10,12H2,1H3/t15-,16+,18-,19?/m0/s1. The van der Waals surface area contributed by atoms with Crippen LogP contribution in [0.25, 0.3) is 0 Å². The zero-order valence-corrected chi connectivity index (χ0v) is 16.1. The molecule has 1 saturated heterocycles. The third-order valence-corrected chi connectivity index (χ3v) is 7.17. The minimum Gasteiger partial charge on any atom is -0.338 e. The van der Waals surface area contributed by atoms with Crippen molar-refractivity contribution in [2.45, 2.75) is 64.5 Å². The van der Waals surface area contributed by atoms with Gasteiger partial charge in [-0.2, -0.15) is 0 Å². The van der Waals surface area contributed by atoms with Gasteiger partial charge in [-0.1, -0.05) is 12.8 Å². The Bertz CT molecular complexity index is 767. The van der Waals surface area contributed by atoms with Crippen molar-refractivity contribution in [3.05, 3.63) is 23.3 Å². The quantitative estimate of drug-likeness (QED) is 0.804. The van der Waals surface area contributed by atoms with E-state index in [2.05, 4.69) is 9.88 Å². The van der Waals surface area contributed by atoms with E-state index < -0.39 is 0 Å². The third kappa shape index (κ3) is 2.93. The van der Waals surface area contributed by atoms with Crippen LogP contribution in [0.4, 0.5) is 0 Å². The molecular weight excluding hydrogens is 340 g/mol. The van der Waals surface area contributed by atoms with Gasteiger partial charge in [-0.05, 0) is 37.5 Å². The average Bonchev–Trinajstić information content (AvgIpc) is 3.21. The highest BCUT2D eigenvalue weighted by molar-refractivity contribution is 5.83. The van der Waals surface area contributed by atoms with Crippen molar-refractivity contribution in [1.29, 1.82) is 0 Å². The predicted molar refractivity (Wildman–Crippen MR) is 99.5 cm³/mol. The van der Waals surface area contributed by atoms with E-state index in [0.29, 0.717) is 24.3 Å². The van der Waals surface area contributed by atoms with E-state index in [-0.39, 0.29) is 17.9 Å². The number of carbonyl (C=O) groups is 2. The molecule has 1 unspecified atom stereocenters. The van der Waals surface area contributed by atoms with Gasteiger partial charge in [0.1, 0.15) is 0 Å². The smallest absolute Gasteiger partial charge is 0.226 e. The second-order valence-electron chi connectivity index (χ2n) is 8.72. The number of aromatic nitrogens is 2. The molecule has 2 aliphatic heterocycles. The van der Waals surface area contributed by atoms with Crippen LogP contribution in [-0.4, -0.2) is 44.7 Å². The van der Waals surface area contributed by atoms with Crippen molar-refractivity contribution in [2.75, 3.05) is 13.1 Å². The Morgan fingerprint density at radius 3 is 2.59 bits per heavy atom. The first kappa shape index (κ1) is 17.1. The van der Waals surface area contributed by atoms with Crippen LogP contribution in [0.5, 0.6) is 0 Å². The molecule has 0 spiro atoms. The maximum atomic E-state index is 13.2. The van der Waals surface area contributed by atoms with Crippen LogP contribution in [0.15, 0.2) is 6.20 Å². The third-order valence-electron chi connectivity index (χ3n) is 7.17. The first-order valence-electron chi connectivity index (χ1n) is 10.5. The number of amides is 2. The van der Waals surface area contributed by atoms with Gasteiger partial charge in [0.15, 0.2) is 5.82 Å². The Morgan fingerprint density at radius 1 is 1.07 bits per heavy atom. The molecule has 1 aromatic rings. The average molecular weight is 368 g/mol. The number of hydrogen-bond donors (Lipinski definition) is 0. The monoisotopic (exact) mass is 368 g/mol. The zero-order chi connectivity index (χ0) is 18.5. The Hall–Kier alpha value is -1.98. The van der Waals surface area contributed by atoms with Gasteiger partial charge >= 0.3 is 0 Å². The molecule has 2 amide bonds. The molecule has 4 aliphatic rings. The van der Waals surface area contributed by atoms with Gasteiger partial charge in [0.25, 0.3) is 0 Å². The lowest BCUT2D eigenvalue weighted by atomic mass is 10.0. The summed E-state index contributed by atoms with van der Waals surface area (Å²) < 4.78 is 0. The van der Waals surface area contributed by atoms with Gasteiger partial charge in [0.2, 0.25) is 11.8 Å². The predicted octanol–water partition coefficient (Wildman–Crippen LogP) is 2.48. The minimum atomic E-state index is 0.0382. The zero-order valence-electron chi connectivity index (χ0n) is 16.1. The molecule has 2 aliphatic carbocycles. The van der Waals surface area contributed by atoms with Gasteiger partial charge in [-0.15, -0.1) is 0 Å². The molecule has 6 heteroatoms. The largest absolute Gasteiger partial charge is 0.338 e. The molecule has 5 rings (SSSR count). The normalized spacial score (nSPS) is 32.0. The first-order chi connectivity index (χ1) is 13.1. The van der Waals surface area contributed by atoms with Gasteiger partial charge in [-0.25, -0.2) is 9.97 Å². The van der Waals surface area contributed by atoms with Crippen molar-refractivity contribution in [3.63, 3.8) is 0 Å². The van der Waals surface area contributed by atoms with Crippen LogP contribution in [0.3, 0.4) is 0 Å². The molecule has 1 aromatic heterocycles. The van der Waals surface area contributed by atoms with Gasteiger partial charge in [-0.3, -0.25) is 9.59 Å². The maximum absolute atomic E-state index is 13.2. The van der Waals surface area contributed by atoms with E-state index in [1.165, 1.54) is 25.7 Å². The number of likely N-dealkylation sites (tertiary alicyclic amines) is 1. The Morgan fingerprint density at radius 2 is 1.85 bits per heavy atom. The molecule has 4 atom stereocenters. The van der Waals surface area contributed by atoms with Crippen molar-refractivity contribution >= 4 is 11.8 Å². The van der Waals surface area contributed by atoms with Crippen LogP contribution in [0, 0.1) is 17.8 Å². The molecule has 0 bridgehead atoms. The fraction of sp³-hybridized carbons (Fsp3) is 0.714. The summed E-state index contributed by atoms with van der Waals surface area (Å²) in [4.78, 5) is 38.2. The molecule has 6 nitrogen and oxygen atoms in total. The van der Waals surface area contributed by atoms with Crippen LogP contribution in [-0.2, 0) is 22.6 Å². The van der Waals surface area contributed by atoms with Crippen LogP contribution >= 0.6 is 0 Å². The van der Waals surface area contributed by atoms with Gasteiger partial charge in [0.05, 0.1) is 11.7 Å². The molecule has 3 heterocycles. The molecule has 0 aromatic carbocycles. The van der Waals surface area contributed by atoms with Crippen molar-refractivity contribution < 1.29 is 9.59 Å². The fourth-order valence-electron chi connectivity index (χ4n) is 5.61. The molecular formula is C21H28N4O2. The highest BCUT2D eigenvalue weighted by Gasteiger charge is 2.56. The van der Waals surface area contributed by atoms with E-state index >= 15 is 0 Å². The summed E-state index contributed by atoms with van der Waals surface area (Å²) in [6, 6.07) is 0.0382. The molecule has 27 heavy (non-hydrogen) atoms. The number of hydrogen-bond acceptors (Lipinski definition) is 4. The van der Waals surface area contributed by atoms with E-state index in [4.69, 9.17) is 4.98 Å². The second-order valence-corrected chi connectivity index (χ2v) is 8.72. The van der Waals surface area contributed by atoms with E-state index in [1.54, 1.807) is 6.92 Å². The summed E-state index contributed by atoms with van der Waals surface area (Å²) in [7, 11) is 0. The summed E-state index contributed by atoms with van der Waals surface area (Å²) in [5, 5.41) is 0. The van der Waals surface area contributed by atoms with E-state index in [9.17, 15) is 9.59 Å². The summed E-state index contributed by atoms with van der Waals surface area (Å²) in [6.45, 7) is 3.77. The van der Waals surface area contributed by atoms with Crippen molar-refractivity contribution in [2.24, 2.45) is 17.8 Å². The highest BCUT2D eigenvalue weighted by atomic mass is 16.2. The van der Waals surface area contributed by atoms with Gasteiger partial charge in [0, 0.05) is 50.7 Å². The summed E-state index contributed by atoms with van der Waals surface area (Å²) in [5.41, 5.74) is 2.10. The van der Waals surface area contributed by atoms with Gasteiger partial charge < -0.3 is 9.80 Å². The first-order valence-corrected chi connectivity index (χ1v) is 10.5. The highest BCUT2D eigenvalue weighted by Crippen LogP contribution is 2.56. The lowest BCUT2D eigenvalue weighted by molar-refractivity contribution is -0.134. The fourth-order valence-corrected chi connectivity index (χ4v) is 5.61. The lowest BCUT2D eigenvalue weighted by Crippen LogP contribution is -2.36. The summed E-state index contributed by atoms with van der Waals surface area (Å²) >= 11 is 0. The maximum Gasteiger partial charge on any atom is 0.226 e. The van der Waals surface area contributed by atoms with Crippen molar-refractivity contribution in [1.82, 2.24) is 19.8 Å². The summed E-state index contributed by atoms with van der Waals surface area (Å²) in [6.07, 6.45) is 9.72. The Balaban J connectivity index is 1.33. The van der Waals surface area contributed by atoms with E-state index in [0.717, 1.165) is 49.4 Å². The molecule has 144 valence electrons.